The molecule has 1 saturated carbocycles. The molecular weight excluding hydrogens is 236 g/mol. The lowest BCUT2D eigenvalue weighted by Crippen LogP contribution is -2.18. The molecular formula is C15H22N4. The van der Waals surface area contributed by atoms with Gasteiger partial charge in [-0.1, -0.05) is 37.9 Å². The summed E-state index contributed by atoms with van der Waals surface area (Å²) in [5.41, 5.74) is 10.4. The van der Waals surface area contributed by atoms with Crippen LogP contribution < -0.4 is 0 Å². The first-order valence-corrected chi connectivity index (χ1v) is 7.17. The standard InChI is InChI=1S/C15H22N4/c1-11-6-8-13(9-7-11)12(2)15-5-3-4-14(18-15)10-17-19-16/h3-5,11-13H,6-10H2,1-2H3/t11-,12?,13-. The summed E-state index contributed by atoms with van der Waals surface area (Å²) in [7, 11) is 0. The molecule has 1 unspecified atom stereocenters. The maximum Gasteiger partial charge on any atom is 0.0684 e. The van der Waals surface area contributed by atoms with Crippen molar-refractivity contribution in [3.8, 4) is 0 Å². The number of pyridine rings is 1. The number of hydrogen-bond donors (Lipinski definition) is 0. The van der Waals surface area contributed by atoms with E-state index in [9.17, 15) is 0 Å². The van der Waals surface area contributed by atoms with Crippen molar-refractivity contribution < 1.29 is 0 Å². The van der Waals surface area contributed by atoms with Gasteiger partial charge in [0.05, 0.1) is 6.54 Å². The fourth-order valence-electron chi connectivity index (χ4n) is 2.97. The summed E-state index contributed by atoms with van der Waals surface area (Å²) in [6, 6.07) is 6.04. The third-order valence-electron chi connectivity index (χ3n) is 4.36. The van der Waals surface area contributed by atoms with Crippen LogP contribution in [0.3, 0.4) is 0 Å². The minimum absolute atomic E-state index is 0.346. The van der Waals surface area contributed by atoms with E-state index in [0.29, 0.717) is 12.5 Å². The molecule has 102 valence electrons. The van der Waals surface area contributed by atoms with Crippen LogP contribution in [0.2, 0.25) is 0 Å². The van der Waals surface area contributed by atoms with E-state index in [2.05, 4.69) is 34.9 Å². The Bertz CT molecular complexity index is 457. The molecule has 0 aromatic carbocycles. The van der Waals surface area contributed by atoms with Crippen LogP contribution >= 0.6 is 0 Å². The lowest BCUT2D eigenvalue weighted by molar-refractivity contribution is 0.259. The second kappa shape index (κ2) is 6.58. The maximum absolute atomic E-state index is 8.37. The van der Waals surface area contributed by atoms with Crippen LogP contribution in [-0.4, -0.2) is 4.98 Å². The molecule has 4 nitrogen and oxygen atoms in total. The highest BCUT2D eigenvalue weighted by molar-refractivity contribution is 5.15. The fraction of sp³-hybridized carbons (Fsp3) is 0.667. The molecule has 1 aromatic rings. The van der Waals surface area contributed by atoms with Gasteiger partial charge in [0.2, 0.25) is 0 Å². The van der Waals surface area contributed by atoms with Gasteiger partial charge in [-0.2, -0.15) is 0 Å². The molecule has 1 aliphatic carbocycles. The van der Waals surface area contributed by atoms with E-state index < -0.39 is 0 Å². The van der Waals surface area contributed by atoms with E-state index >= 15 is 0 Å². The summed E-state index contributed by atoms with van der Waals surface area (Å²) in [6.07, 6.45) is 5.30. The van der Waals surface area contributed by atoms with Crippen molar-refractivity contribution in [2.24, 2.45) is 17.0 Å². The SMILES string of the molecule is CC(c1cccc(CN=[N+]=[N-])n1)[C@H]1CC[C@H](C)CC1. The van der Waals surface area contributed by atoms with Crippen molar-refractivity contribution in [1.29, 1.82) is 0 Å². The summed E-state index contributed by atoms with van der Waals surface area (Å²) >= 11 is 0. The third kappa shape index (κ3) is 3.71. The molecule has 0 N–H and O–H groups in total. The van der Waals surface area contributed by atoms with Gasteiger partial charge in [0.1, 0.15) is 0 Å². The van der Waals surface area contributed by atoms with E-state index in [1.54, 1.807) is 0 Å². The lowest BCUT2D eigenvalue weighted by atomic mass is 9.76. The van der Waals surface area contributed by atoms with Crippen LogP contribution in [0.1, 0.15) is 56.8 Å². The number of azide groups is 1. The third-order valence-corrected chi connectivity index (χ3v) is 4.36. The molecule has 1 aliphatic rings. The van der Waals surface area contributed by atoms with Crippen LogP contribution in [0.25, 0.3) is 10.4 Å². The van der Waals surface area contributed by atoms with Crippen molar-refractivity contribution in [3.05, 3.63) is 40.0 Å². The molecule has 1 fully saturated rings. The second-order valence-electron chi connectivity index (χ2n) is 5.75. The molecule has 0 amide bonds. The van der Waals surface area contributed by atoms with Crippen molar-refractivity contribution >= 4 is 0 Å². The summed E-state index contributed by atoms with van der Waals surface area (Å²) < 4.78 is 0. The molecule has 4 heteroatoms. The molecule has 0 saturated heterocycles. The molecule has 1 aromatic heterocycles. The fourth-order valence-corrected chi connectivity index (χ4v) is 2.97. The topological polar surface area (TPSA) is 61.7 Å². The van der Waals surface area contributed by atoms with Crippen molar-refractivity contribution in [2.75, 3.05) is 0 Å². The number of nitrogens with zero attached hydrogens (tertiary/aromatic N) is 4. The number of rotatable bonds is 4. The Balaban J connectivity index is 2.05. The van der Waals surface area contributed by atoms with E-state index in [1.807, 2.05) is 12.1 Å². The molecule has 0 radical (unpaired) electrons. The zero-order valence-electron chi connectivity index (χ0n) is 11.8. The Kier molecular flexibility index (Phi) is 4.80. The van der Waals surface area contributed by atoms with Crippen molar-refractivity contribution in [2.45, 2.75) is 52.0 Å². The van der Waals surface area contributed by atoms with Crippen LogP contribution in [0, 0.1) is 11.8 Å². The quantitative estimate of drug-likeness (QED) is 0.433. The first-order valence-electron chi connectivity index (χ1n) is 7.17. The average Bonchev–Trinajstić information content (AvgIpc) is 2.45. The van der Waals surface area contributed by atoms with Gasteiger partial charge in [0, 0.05) is 22.2 Å². The Morgan fingerprint density at radius 3 is 2.79 bits per heavy atom. The van der Waals surface area contributed by atoms with Gasteiger partial charge in [0.15, 0.2) is 0 Å². The first kappa shape index (κ1) is 13.9. The monoisotopic (exact) mass is 258 g/mol. The predicted molar refractivity (Wildman–Crippen MR) is 76.6 cm³/mol. The minimum atomic E-state index is 0.346. The predicted octanol–water partition coefficient (Wildman–Crippen LogP) is 4.82. The maximum atomic E-state index is 8.37. The Morgan fingerprint density at radius 1 is 1.37 bits per heavy atom. The van der Waals surface area contributed by atoms with Crippen LogP contribution in [-0.2, 0) is 6.54 Å². The molecule has 0 spiro atoms. The Labute approximate surface area is 114 Å². The minimum Gasteiger partial charge on any atom is -0.257 e. The highest BCUT2D eigenvalue weighted by atomic mass is 15.1. The van der Waals surface area contributed by atoms with E-state index in [4.69, 9.17) is 5.53 Å². The average molecular weight is 258 g/mol. The summed E-state index contributed by atoms with van der Waals surface area (Å²) in [6.45, 7) is 4.97. The number of hydrogen-bond acceptors (Lipinski definition) is 2. The van der Waals surface area contributed by atoms with Crippen molar-refractivity contribution in [1.82, 2.24) is 4.98 Å². The summed E-state index contributed by atoms with van der Waals surface area (Å²) in [5, 5.41) is 3.58. The molecule has 1 heterocycles. The van der Waals surface area contributed by atoms with Gasteiger partial charge in [-0.05, 0) is 42.3 Å². The van der Waals surface area contributed by atoms with Gasteiger partial charge >= 0.3 is 0 Å². The Morgan fingerprint density at radius 2 is 2.11 bits per heavy atom. The molecule has 2 rings (SSSR count). The summed E-state index contributed by atoms with van der Waals surface area (Å²) in [4.78, 5) is 7.43. The Hall–Kier alpha value is -1.54. The lowest BCUT2D eigenvalue weighted by Gasteiger charge is -2.30. The smallest absolute Gasteiger partial charge is 0.0684 e. The number of aromatic nitrogens is 1. The van der Waals surface area contributed by atoms with Crippen molar-refractivity contribution in [3.63, 3.8) is 0 Å². The van der Waals surface area contributed by atoms with Crippen LogP contribution in [0.4, 0.5) is 0 Å². The van der Waals surface area contributed by atoms with E-state index in [1.165, 1.54) is 25.7 Å². The second-order valence-corrected chi connectivity index (χ2v) is 5.75. The zero-order valence-corrected chi connectivity index (χ0v) is 11.8. The summed E-state index contributed by atoms with van der Waals surface area (Å²) in [5.74, 6) is 2.13. The van der Waals surface area contributed by atoms with Crippen LogP contribution in [0.5, 0.6) is 0 Å². The van der Waals surface area contributed by atoms with Crippen LogP contribution in [0.15, 0.2) is 23.3 Å². The van der Waals surface area contributed by atoms with Gasteiger partial charge in [-0.25, -0.2) is 0 Å². The molecule has 0 aliphatic heterocycles. The van der Waals surface area contributed by atoms with E-state index in [-0.39, 0.29) is 0 Å². The zero-order chi connectivity index (χ0) is 13.7. The normalized spacial score (nSPS) is 24.5. The van der Waals surface area contributed by atoms with Gasteiger partial charge in [-0.15, -0.1) is 0 Å². The van der Waals surface area contributed by atoms with E-state index in [0.717, 1.165) is 23.2 Å². The van der Waals surface area contributed by atoms with Gasteiger partial charge < -0.3 is 0 Å². The molecule has 1 atom stereocenters. The molecule has 19 heavy (non-hydrogen) atoms. The molecule has 0 bridgehead atoms. The highest BCUT2D eigenvalue weighted by Gasteiger charge is 2.24. The largest absolute Gasteiger partial charge is 0.257 e. The van der Waals surface area contributed by atoms with Gasteiger partial charge in [-0.3, -0.25) is 4.98 Å². The van der Waals surface area contributed by atoms with Gasteiger partial charge in [0.25, 0.3) is 0 Å². The highest BCUT2D eigenvalue weighted by Crippen LogP contribution is 2.37. The first-order chi connectivity index (χ1) is 9.20.